The summed E-state index contributed by atoms with van der Waals surface area (Å²) in [7, 11) is 0. The number of para-hydroxylation sites is 2. The summed E-state index contributed by atoms with van der Waals surface area (Å²) in [6, 6.07) is 29.7. The summed E-state index contributed by atoms with van der Waals surface area (Å²) in [4.78, 5) is 2.33. The van der Waals surface area contributed by atoms with Gasteiger partial charge < -0.3 is 4.90 Å². The van der Waals surface area contributed by atoms with Gasteiger partial charge >= 0.3 is 0 Å². The van der Waals surface area contributed by atoms with Crippen molar-refractivity contribution in [2.24, 2.45) is 5.92 Å². The van der Waals surface area contributed by atoms with Crippen LogP contribution in [0.25, 0.3) is 11.1 Å². The van der Waals surface area contributed by atoms with E-state index in [-0.39, 0.29) is 0 Å². The molecule has 0 heterocycles. The van der Waals surface area contributed by atoms with Crippen molar-refractivity contribution < 1.29 is 0 Å². The van der Waals surface area contributed by atoms with E-state index in [4.69, 9.17) is 0 Å². The van der Waals surface area contributed by atoms with Crippen molar-refractivity contribution in [3.63, 3.8) is 0 Å². The quantitative estimate of drug-likeness (QED) is 0.295. The molecule has 0 aliphatic carbocycles. The predicted molar refractivity (Wildman–Crippen MR) is 127 cm³/mol. The van der Waals surface area contributed by atoms with Crippen LogP contribution in [0.15, 0.2) is 121 Å². The van der Waals surface area contributed by atoms with Gasteiger partial charge in [0.2, 0.25) is 0 Å². The second-order valence-electron chi connectivity index (χ2n) is 7.13. The lowest BCUT2D eigenvalue weighted by molar-refractivity contribution is 0.937. The van der Waals surface area contributed by atoms with Crippen LogP contribution < -0.4 is 4.90 Å². The van der Waals surface area contributed by atoms with Gasteiger partial charge in [-0.15, -0.1) is 0 Å². The zero-order chi connectivity index (χ0) is 20.5. The minimum Gasteiger partial charge on any atom is -0.314 e. The smallest absolute Gasteiger partial charge is 0.0536 e. The van der Waals surface area contributed by atoms with Gasteiger partial charge in [-0.2, -0.15) is 0 Å². The maximum Gasteiger partial charge on any atom is 0.0536 e. The van der Waals surface area contributed by atoms with Crippen molar-refractivity contribution in [1.29, 1.82) is 0 Å². The Morgan fingerprint density at radius 2 is 1.41 bits per heavy atom. The highest BCUT2D eigenvalue weighted by molar-refractivity contribution is 5.84. The third-order valence-corrected chi connectivity index (χ3v) is 4.84. The average molecular weight is 380 g/mol. The molecule has 1 atom stereocenters. The minimum absolute atomic E-state index is 0.422. The van der Waals surface area contributed by atoms with Gasteiger partial charge in [-0.1, -0.05) is 98.0 Å². The molecule has 0 amide bonds. The SMILES string of the molecule is C/C=C\C(C)/C=C\C=C(/C)N(c1ccccc1)c1ccccc1-c1ccccc1. The summed E-state index contributed by atoms with van der Waals surface area (Å²) in [5.74, 6) is 0.422. The van der Waals surface area contributed by atoms with Crippen LogP contribution in [-0.2, 0) is 0 Å². The predicted octanol–water partition coefficient (Wildman–Crippen LogP) is 8.16. The molecule has 1 unspecified atom stereocenters. The van der Waals surface area contributed by atoms with Crippen LogP contribution in [0.4, 0.5) is 11.4 Å². The lowest BCUT2D eigenvalue weighted by atomic mass is 10.0. The second kappa shape index (κ2) is 10.3. The van der Waals surface area contributed by atoms with Crippen molar-refractivity contribution in [3.05, 3.63) is 121 Å². The molecule has 0 aromatic heterocycles. The van der Waals surface area contributed by atoms with E-state index in [1.807, 2.05) is 0 Å². The van der Waals surface area contributed by atoms with Crippen molar-refractivity contribution in [1.82, 2.24) is 0 Å². The molecule has 146 valence electrons. The van der Waals surface area contributed by atoms with Gasteiger partial charge in [0.15, 0.2) is 0 Å². The molecule has 0 N–H and O–H groups in total. The molecule has 0 saturated heterocycles. The number of nitrogens with zero attached hydrogens (tertiary/aromatic N) is 1. The molecule has 1 heteroatoms. The number of hydrogen-bond donors (Lipinski definition) is 0. The lowest BCUT2D eigenvalue weighted by Crippen LogP contribution is -2.15. The molecule has 0 bridgehead atoms. The lowest BCUT2D eigenvalue weighted by Gasteiger charge is -2.28. The molecule has 3 rings (SSSR count). The Bertz CT molecular complexity index is 981. The molecule has 0 aliphatic heterocycles. The highest BCUT2D eigenvalue weighted by Gasteiger charge is 2.15. The Balaban J connectivity index is 2.07. The first kappa shape index (κ1) is 20.4. The summed E-state index contributed by atoms with van der Waals surface area (Å²) in [6.07, 6.45) is 10.9. The van der Waals surface area contributed by atoms with E-state index in [0.717, 1.165) is 5.69 Å². The first-order valence-electron chi connectivity index (χ1n) is 10.2. The van der Waals surface area contributed by atoms with E-state index < -0.39 is 0 Å². The van der Waals surface area contributed by atoms with Gasteiger partial charge in [0.25, 0.3) is 0 Å². The summed E-state index contributed by atoms with van der Waals surface area (Å²) in [6.45, 7) is 6.42. The zero-order valence-corrected chi connectivity index (χ0v) is 17.5. The summed E-state index contributed by atoms with van der Waals surface area (Å²) in [5, 5.41) is 0. The summed E-state index contributed by atoms with van der Waals surface area (Å²) >= 11 is 0. The standard InChI is InChI=1S/C28H29N/c1-4-14-23(2)15-13-16-24(3)29(26-19-9-6-10-20-26)28-22-12-11-21-27(28)25-17-7-5-8-18-25/h4-23H,1-3H3/b14-4-,15-13-,24-16+. The number of rotatable bonds is 7. The van der Waals surface area contributed by atoms with Gasteiger partial charge in [-0.05, 0) is 49.6 Å². The molecule has 0 radical (unpaired) electrons. The third-order valence-electron chi connectivity index (χ3n) is 4.84. The molecule has 1 nitrogen and oxygen atoms in total. The van der Waals surface area contributed by atoms with Gasteiger partial charge in [0, 0.05) is 16.9 Å². The normalized spacial score (nSPS) is 13.1. The van der Waals surface area contributed by atoms with Crippen molar-refractivity contribution in [3.8, 4) is 11.1 Å². The monoisotopic (exact) mass is 379 g/mol. The van der Waals surface area contributed by atoms with Crippen LogP contribution in [-0.4, -0.2) is 0 Å². The van der Waals surface area contributed by atoms with Crippen molar-refractivity contribution in [2.45, 2.75) is 20.8 Å². The van der Waals surface area contributed by atoms with Crippen molar-refractivity contribution in [2.75, 3.05) is 4.90 Å². The first-order chi connectivity index (χ1) is 14.2. The Morgan fingerprint density at radius 1 is 0.793 bits per heavy atom. The first-order valence-corrected chi connectivity index (χ1v) is 10.2. The van der Waals surface area contributed by atoms with Crippen LogP contribution in [0, 0.1) is 5.92 Å². The highest BCUT2D eigenvalue weighted by atomic mass is 15.1. The molecule has 0 spiro atoms. The van der Waals surface area contributed by atoms with E-state index in [1.54, 1.807) is 0 Å². The van der Waals surface area contributed by atoms with Crippen LogP contribution in [0.3, 0.4) is 0 Å². The summed E-state index contributed by atoms with van der Waals surface area (Å²) < 4.78 is 0. The maximum atomic E-state index is 2.33. The maximum absolute atomic E-state index is 2.33. The molecule has 29 heavy (non-hydrogen) atoms. The average Bonchev–Trinajstić information content (AvgIpc) is 2.76. The highest BCUT2D eigenvalue weighted by Crippen LogP contribution is 2.37. The van der Waals surface area contributed by atoms with Crippen LogP contribution in [0.5, 0.6) is 0 Å². The Kier molecular flexibility index (Phi) is 7.24. The number of anilines is 2. The Morgan fingerprint density at radius 3 is 2.10 bits per heavy atom. The van der Waals surface area contributed by atoms with Gasteiger partial charge in [0.1, 0.15) is 0 Å². The van der Waals surface area contributed by atoms with Crippen LogP contribution >= 0.6 is 0 Å². The van der Waals surface area contributed by atoms with Crippen LogP contribution in [0.1, 0.15) is 20.8 Å². The van der Waals surface area contributed by atoms with E-state index in [0.29, 0.717) is 5.92 Å². The number of benzene rings is 3. The second-order valence-corrected chi connectivity index (χ2v) is 7.13. The van der Waals surface area contributed by atoms with Crippen molar-refractivity contribution >= 4 is 11.4 Å². The van der Waals surface area contributed by atoms with E-state index >= 15 is 0 Å². The molecule has 0 fully saturated rings. The number of hydrogen-bond acceptors (Lipinski definition) is 1. The molecule has 3 aromatic carbocycles. The molecular weight excluding hydrogens is 350 g/mol. The molecule has 0 aliphatic rings. The fourth-order valence-electron chi connectivity index (χ4n) is 3.45. The zero-order valence-electron chi connectivity index (χ0n) is 17.5. The molecule has 3 aromatic rings. The van der Waals surface area contributed by atoms with E-state index in [9.17, 15) is 0 Å². The van der Waals surface area contributed by atoms with E-state index in [1.165, 1.54) is 22.5 Å². The molecule has 0 saturated carbocycles. The van der Waals surface area contributed by atoms with E-state index in [2.05, 4.69) is 141 Å². The van der Waals surface area contributed by atoms with Gasteiger partial charge in [-0.25, -0.2) is 0 Å². The minimum atomic E-state index is 0.422. The summed E-state index contributed by atoms with van der Waals surface area (Å²) in [5.41, 5.74) is 5.93. The molecular formula is C28H29N. The Hall–Kier alpha value is -3.32. The van der Waals surface area contributed by atoms with Gasteiger partial charge in [-0.3, -0.25) is 0 Å². The Labute approximate surface area is 175 Å². The fraction of sp³-hybridized carbons (Fsp3) is 0.143. The van der Waals surface area contributed by atoms with Gasteiger partial charge in [0.05, 0.1) is 5.69 Å². The number of allylic oxidation sites excluding steroid dienone is 6. The topological polar surface area (TPSA) is 3.24 Å². The third kappa shape index (κ3) is 5.36. The largest absolute Gasteiger partial charge is 0.314 e. The van der Waals surface area contributed by atoms with Crippen LogP contribution in [0.2, 0.25) is 0 Å². The fourth-order valence-corrected chi connectivity index (χ4v) is 3.45.